The Kier molecular flexibility index (Phi) is 5.50. The highest BCUT2D eigenvalue weighted by Crippen LogP contribution is 2.29. The van der Waals surface area contributed by atoms with Crippen LogP contribution in [0.25, 0.3) is 22.5 Å². The van der Waals surface area contributed by atoms with Crippen molar-refractivity contribution in [1.82, 2.24) is 10.1 Å². The lowest BCUT2D eigenvalue weighted by molar-refractivity contribution is 0.422. The molecule has 7 nitrogen and oxygen atoms in total. The van der Waals surface area contributed by atoms with Gasteiger partial charge in [-0.1, -0.05) is 78.0 Å². The number of benzene rings is 3. The van der Waals surface area contributed by atoms with Gasteiger partial charge < -0.3 is 8.94 Å². The quantitative estimate of drug-likeness (QED) is 0.325. The maximum atomic E-state index is 13.7. The molecule has 0 amide bonds. The van der Waals surface area contributed by atoms with Crippen molar-refractivity contribution in [3.05, 3.63) is 109 Å². The van der Waals surface area contributed by atoms with Crippen LogP contribution < -0.4 is 4.31 Å². The molecule has 0 bridgehead atoms. The van der Waals surface area contributed by atoms with E-state index in [1.54, 1.807) is 30.3 Å². The third-order valence-corrected chi connectivity index (χ3v) is 6.85. The minimum atomic E-state index is -3.97. The van der Waals surface area contributed by atoms with Crippen molar-refractivity contribution >= 4 is 16.0 Å². The van der Waals surface area contributed by atoms with Crippen molar-refractivity contribution in [3.8, 4) is 22.5 Å². The van der Waals surface area contributed by atoms with Crippen LogP contribution in [0, 0.1) is 0 Å². The van der Waals surface area contributed by atoms with Gasteiger partial charge in [0.25, 0.3) is 10.0 Å². The van der Waals surface area contributed by atoms with Crippen molar-refractivity contribution in [3.63, 3.8) is 0 Å². The molecule has 0 saturated heterocycles. The topological polar surface area (TPSA) is 89.4 Å². The lowest BCUT2D eigenvalue weighted by Crippen LogP contribution is -2.30. The van der Waals surface area contributed by atoms with E-state index in [1.807, 2.05) is 60.7 Å². The molecule has 0 radical (unpaired) electrons. The smallest absolute Gasteiger partial charge is 0.312 e. The molecule has 0 N–H and O–H groups in total. The van der Waals surface area contributed by atoms with Gasteiger partial charge in [-0.3, -0.25) is 0 Å². The van der Waals surface area contributed by atoms with E-state index in [0.29, 0.717) is 11.4 Å². The Morgan fingerprint density at radius 2 is 1.42 bits per heavy atom. The van der Waals surface area contributed by atoms with Gasteiger partial charge in [0.05, 0.1) is 11.4 Å². The van der Waals surface area contributed by atoms with Gasteiger partial charge in [0.1, 0.15) is 23.9 Å². The zero-order chi connectivity index (χ0) is 22.7. The largest absolute Gasteiger partial charge is 0.431 e. The molecule has 0 aliphatic heterocycles. The van der Waals surface area contributed by atoms with Gasteiger partial charge in [-0.15, -0.1) is 0 Å². The zero-order valence-electron chi connectivity index (χ0n) is 17.4. The highest BCUT2D eigenvalue weighted by molar-refractivity contribution is 7.92. The Morgan fingerprint density at radius 3 is 2.09 bits per heavy atom. The van der Waals surface area contributed by atoms with E-state index in [9.17, 15) is 8.42 Å². The summed E-state index contributed by atoms with van der Waals surface area (Å²) < 4.78 is 39.1. The fraction of sp³-hybridized carbons (Fsp3) is 0.0400. The minimum absolute atomic E-state index is 0.00159. The molecule has 0 fully saturated rings. The Bertz CT molecular complexity index is 1430. The second-order valence-electron chi connectivity index (χ2n) is 7.29. The summed E-state index contributed by atoms with van der Waals surface area (Å²) in [6, 6.07) is 26.9. The number of sulfonamides is 1. The van der Waals surface area contributed by atoms with Gasteiger partial charge in [0.2, 0.25) is 0 Å². The molecular formula is C25H19N3O4S. The van der Waals surface area contributed by atoms with Gasteiger partial charge >= 0.3 is 6.01 Å². The Morgan fingerprint density at radius 1 is 0.758 bits per heavy atom. The lowest BCUT2D eigenvalue weighted by atomic mass is 10.2. The molecule has 0 aliphatic carbocycles. The van der Waals surface area contributed by atoms with Crippen LogP contribution in [0.4, 0.5) is 6.01 Å². The van der Waals surface area contributed by atoms with Crippen molar-refractivity contribution in [2.45, 2.75) is 11.4 Å². The summed E-state index contributed by atoms with van der Waals surface area (Å²) in [5, 5.41) is 3.89. The van der Waals surface area contributed by atoms with Gasteiger partial charge in [-0.2, -0.15) is 4.98 Å². The van der Waals surface area contributed by atoms with E-state index in [0.717, 1.165) is 16.7 Å². The minimum Gasteiger partial charge on any atom is -0.431 e. The Balaban J connectivity index is 1.53. The molecule has 3 aromatic carbocycles. The van der Waals surface area contributed by atoms with Crippen molar-refractivity contribution in [2.75, 3.05) is 4.31 Å². The second kappa shape index (κ2) is 8.76. The van der Waals surface area contributed by atoms with E-state index >= 15 is 0 Å². The summed E-state index contributed by atoms with van der Waals surface area (Å²) in [5.41, 5.74) is 3.57. The summed E-state index contributed by atoms with van der Waals surface area (Å²) >= 11 is 0. The molecule has 0 aliphatic rings. The van der Waals surface area contributed by atoms with Gasteiger partial charge in [-0.25, -0.2) is 12.7 Å². The maximum absolute atomic E-state index is 13.7. The summed E-state index contributed by atoms with van der Waals surface area (Å²) in [6.07, 6.45) is 2.93. The normalized spacial score (nSPS) is 11.4. The molecule has 0 unspecified atom stereocenters. The number of oxazole rings is 1. The zero-order valence-corrected chi connectivity index (χ0v) is 18.2. The SMILES string of the molecule is O=S(=O)(c1ccc(-c2ccon2)cc1)N(Cc1ccccc1)c1nc(-c2ccccc2)co1. The summed E-state index contributed by atoms with van der Waals surface area (Å²) in [4.78, 5) is 4.60. The fourth-order valence-electron chi connectivity index (χ4n) is 3.41. The molecule has 2 aromatic heterocycles. The highest BCUT2D eigenvalue weighted by atomic mass is 32.2. The van der Waals surface area contributed by atoms with E-state index in [2.05, 4.69) is 10.1 Å². The first-order chi connectivity index (χ1) is 16.1. The first kappa shape index (κ1) is 20.7. The van der Waals surface area contributed by atoms with E-state index < -0.39 is 10.0 Å². The van der Waals surface area contributed by atoms with Crippen molar-refractivity contribution in [2.24, 2.45) is 0 Å². The van der Waals surface area contributed by atoms with Crippen LogP contribution in [0.3, 0.4) is 0 Å². The maximum Gasteiger partial charge on any atom is 0.312 e. The van der Waals surface area contributed by atoms with Crippen LogP contribution in [0.1, 0.15) is 5.56 Å². The number of rotatable bonds is 7. The average molecular weight is 458 g/mol. The monoisotopic (exact) mass is 457 g/mol. The molecule has 8 heteroatoms. The number of aromatic nitrogens is 2. The molecule has 0 saturated carbocycles. The molecule has 33 heavy (non-hydrogen) atoms. The second-order valence-corrected chi connectivity index (χ2v) is 9.15. The van der Waals surface area contributed by atoms with E-state index in [-0.39, 0.29) is 17.5 Å². The standard InChI is InChI=1S/C25H19N3O4S/c29-33(30,22-13-11-21(12-14-22)23-15-16-32-27-23)28(17-19-7-3-1-4-8-19)25-26-24(18-31-25)20-9-5-2-6-10-20/h1-16,18H,17H2. The van der Waals surface area contributed by atoms with Crippen LogP contribution in [0.15, 0.2) is 117 Å². The van der Waals surface area contributed by atoms with Gasteiger partial charge in [0, 0.05) is 17.2 Å². The van der Waals surface area contributed by atoms with Crippen molar-refractivity contribution < 1.29 is 17.4 Å². The van der Waals surface area contributed by atoms with E-state index in [1.165, 1.54) is 16.8 Å². The third-order valence-electron chi connectivity index (χ3n) is 5.12. The Hall–Kier alpha value is -4.17. The molecule has 164 valence electrons. The van der Waals surface area contributed by atoms with Crippen LogP contribution in [0.5, 0.6) is 0 Å². The van der Waals surface area contributed by atoms with Crippen molar-refractivity contribution in [1.29, 1.82) is 0 Å². The summed E-state index contributed by atoms with van der Waals surface area (Å²) in [7, 11) is -3.97. The predicted octanol–water partition coefficient (Wildman–Crippen LogP) is 5.39. The molecule has 0 atom stereocenters. The predicted molar refractivity (Wildman–Crippen MR) is 124 cm³/mol. The molecular weight excluding hydrogens is 438 g/mol. The highest BCUT2D eigenvalue weighted by Gasteiger charge is 2.29. The number of hydrogen-bond donors (Lipinski definition) is 0. The number of nitrogens with zero attached hydrogens (tertiary/aromatic N) is 3. The van der Waals surface area contributed by atoms with Gasteiger partial charge in [-0.05, 0) is 17.7 Å². The van der Waals surface area contributed by atoms with Crippen LogP contribution in [-0.2, 0) is 16.6 Å². The summed E-state index contributed by atoms with van der Waals surface area (Å²) in [5.74, 6) is 0. The van der Waals surface area contributed by atoms with Crippen LogP contribution in [0.2, 0.25) is 0 Å². The molecule has 2 heterocycles. The van der Waals surface area contributed by atoms with E-state index in [4.69, 9.17) is 8.94 Å². The third kappa shape index (κ3) is 4.28. The lowest BCUT2D eigenvalue weighted by Gasteiger charge is -2.21. The average Bonchev–Trinajstić information content (AvgIpc) is 3.57. The molecule has 5 rings (SSSR count). The first-order valence-corrected chi connectivity index (χ1v) is 11.6. The molecule has 0 spiro atoms. The number of hydrogen-bond acceptors (Lipinski definition) is 6. The number of anilines is 1. The van der Waals surface area contributed by atoms with Crippen LogP contribution >= 0.6 is 0 Å². The summed E-state index contributed by atoms with van der Waals surface area (Å²) in [6.45, 7) is 0.0724. The fourth-order valence-corrected chi connectivity index (χ4v) is 4.75. The molecule has 5 aromatic rings. The van der Waals surface area contributed by atoms with Crippen LogP contribution in [-0.4, -0.2) is 18.6 Å². The Labute approximate surface area is 191 Å². The van der Waals surface area contributed by atoms with Gasteiger partial charge in [0.15, 0.2) is 0 Å². The first-order valence-electron chi connectivity index (χ1n) is 10.2.